The van der Waals surface area contributed by atoms with Gasteiger partial charge in [0.25, 0.3) is 0 Å². The van der Waals surface area contributed by atoms with Crippen molar-refractivity contribution in [3.8, 4) is 0 Å². The van der Waals surface area contributed by atoms with Crippen molar-refractivity contribution < 1.29 is 41.4 Å². The Bertz CT molecular complexity index is 912. The van der Waals surface area contributed by atoms with Crippen LogP contribution in [0.1, 0.15) is 115 Å². The summed E-state index contributed by atoms with van der Waals surface area (Å²) in [6, 6.07) is 0. The number of carboxylic acid groups (broad SMARTS) is 1. The third-order valence-electron chi connectivity index (χ3n) is 7.35. The van der Waals surface area contributed by atoms with Gasteiger partial charge in [0.05, 0.1) is 39.9 Å². The highest BCUT2D eigenvalue weighted by Gasteiger charge is 2.35. The van der Waals surface area contributed by atoms with Gasteiger partial charge in [-0.15, -0.1) is 0 Å². The smallest absolute Gasteiger partial charge is 0.308 e. The zero-order valence-corrected chi connectivity index (χ0v) is 25.6. The fourth-order valence-electron chi connectivity index (χ4n) is 4.43. The van der Waals surface area contributed by atoms with Crippen LogP contribution in [0.4, 0.5) is 0 Å². The minimum absolute atomic E-state index is 0. The summed E-state index contributed by atoms with van der Waals surface area (Å²) in [4.78, 5) is 22.2. The van der Waals surface area contributed by atoms with Crippen molar-refractivity contribution in [2.45, 2.75) is 125 Å². The van der Waals surface area contributed by atoms with Crippen LogP contribution in [0, 0.1) is 23.7 Å². The molecule has 11 heteroatoms. The van der Waals surface area contributed by atoms with Gasteiger partial charge >= 0.3 is 11.9 Å². The van der Waals surface area contributed by atoms with Gasteiger partial charge in [-0.25, -0.2) is 16.8 Å². The molecule has 0 atom stereocenters. The Hall–Kier alpha value is -1.20. The maximum Gasteiger partial charge on any atom is 0.308 e. The predicted octanol–water partition coefficient (Wildman–Crippen LogP) is 5.79. The predicted molar refractivity (Wildman–Crippen MR) is 166 cm³/mol. The third-order valence-corrected chi connectivity index (χ3v) is 12.9. The van der Waals surface area contributed by atoms with Gasteiger partial charge in [0, 0.05) is 7.11 Å². The number of hydrogen-bond acceptors (Lipinski definition) is 8. The third kappa shape index (κ3) is 14.6. The standard InChI is InChI=1S/C13H24O4S.C12H22O4S.CH4O.3CH4/c1-13(2,3)18(15,16)9-10-5-7-11(8-6-10)12(14)17-4;1-12(2,3)17(15,16)8-9-4-6-10(7-5-9)11(13)14;1-2;;;/h10-11H,5-9H2,1-4H3;9-10H,4-8H2,1-3H3,(H,13,14);2H,1H3;3*1H4. The molecule has 2 aliphatic rings. The summed E-state index contributed by atoms with van der Waals surface area (Å²) in [5.74, 6) is -0.459. The van der Waals surface area contributed by atoms with E-state index in [-0.39, 0.29) is 63.4 Å². The normalized spacial score (nSPS) is 23.1. The van der Waals surface area contributed by atoms with E-state index in [9.17, 15) is 26.4 Å². The monoisotopic (exact) mass is 618 g/mol. The molecule has 0 unspecified atom stereocenters. The molecule has 0 amide bonds. The number of carbonyl (C=O) groups excluding carboxylic acids is 1. The lowest BCUT2D eigenvalue weighted by molar-refractivity contribution is -0.147. The first-order valence-corrected chi connectivity index (χ1v) is 16.3. The van der Waals surface area contributed by atoms with E-state index in [1.807, 2.05) is 0 Å². The molecule has 2 rings (SSSR count). The zero-order chi connectivity index (χ0) is 29.2. The fraction of sp³-hybridized carbons (Fsp3) is 0.931. The molecule has 2 N–H and O–H groups in total. The van der Waals surface area contributed by atoms with Crippen LogP contribution in [0.15, 0.2) is 0 Å². The highest BCUT2D eigenvalue weighted by molar-refractivity contribution is 7.93. The van der Waals surface area contributed by atoms with E-state index in [2.05, 4.69) is 0 Å². The summed E-state index contributed by atoms with van der Waals surface area (Å²) in [5, 5.41) is 15.9. The second kappa shape index (κ2) is 19.1. The van der Waals surface area contributed by atoms with Crippen LogP contribution < -0.4 is 0 Å². The highest BCUT2D eigenvalue weighted by Crippen LogP contribution is 2.33. The zero-order valence-electron chi connectivity index (χ0n) is 23.9. The summed E-state index contributed by atoms with van der Waals surface area (Å²) in [7, 11) is -3.74. The SMILES string of the molecule is C.C.C.CC(C)(C)S(=O)(=O)CC1CCC(C(=O)O)CC1.CO.COC(=O)C1CCC(CS(=O)(=O)C(C)(C)C)CC1. The Balaban J connectivity index is -0.000000285. The van der Waals surface area contributed by atoms with Crippen LogP contribution in [0.2, 0.25) is 0 Å². The average molecular weight is 619 g/mol. The molecule has 2 fully saturated rings. The van der Waals surface area contributed by atoms with Crippen LogP contribution in [-0.4, -0.2) is 74.2 Å². The summed E-state index contributed by atoms with van der Waals surface area (Å²) >= 11 is 0. The van der Waals surface area contributed by atoms with Gasteiger partial charge in [0.1, 0.15) is 0 Å². The molecule has 0 aromatic carbocycles. The number of ether oxygens (including phenoxy) is 1. The number of carboxylic acids is 1. The van der Waals surface area contributed by atoms with Crippen molar-refractivity contribution in [1.29, 1.82) is 0 Å². The molecule has 244 valence electrons. The molecule has 0 heterocycles. The summed E-state index contributed by atoms with van der Waals surface area (Å²) in [5.41, 5.74) is 0. The van der Waals surface area contributed by atoms with E-state index in [4.69, 9.17) is 14.9 Å². The number of rotatable bonds is 6. The fourth-order valence-corrected chi connectivity index (χ4v) is 7.34. The number of aliphatic hydroxyl groups is 1. The molecule has 0 radical (unpaired) electrons. The van der Waals surface area contributed by atoms with Gasteiger partial charge in [-0.3, -0.25) is 9.59 Å². The molecule has 0 saturated heterocycles. The Morgan fingerprint density at radius 2 is 0.925 bits per heavy atom. The first kappa shape index (κ1) is 45.8. The molecule has 0 aliphatic heterocycles. The van der Waals surface area contributed by atoms with Crippen LogP contribution >= 0.6 is 0 Å². The lowest BCUT2D eigenvalue weighted by Gasteiger charge is -2.29. The van der Waals surface area contributed by atoms with Crippen molar-refractivity contribution in [3.63, 3.8) is 0 Å². The number of methoxy groups -OCH3 is 1. The van der Waals surface area contributed by atoms with Gasteiger partial charge in [0.15, 0.2) is 19.7 Å². The van der Waals surface area contributed by atoms with Gasteiger partial charge in [-0.05, 0) is 105 Å². The van der Waals surface area contributed by atoms with E-state index in [1.54, 1.807) is 41.5 Å². The van der Waals surface area contributed by atoms with E-state index in [0.717, 1.165) is 32.8 Å². The molecule has 2 saturated carbocycles. The average Bonchev–Trinajstić information content (AvgIpc) is 2.79. The maximum absolute atomic E-state index is 12.1. The number of aliphatic carboxylic acids is 1. The summed E-state index contributed by atoms with van der Waals surface area (Å²) < 4.78 is 51.6. The summed E-state index contributed by atoms with van der Waals surface area (Å²) in [6.45, 7) is 10.4. The molecular formula is C29H62O9S2. The van der Waals surface area contributed by atoms with Crippen molar-refractivity contribution in [2.24, 2.45) is 23.7 Å². The number of aliphatic hydroxyl groups excluding tert-OH is 1. The molecule has 9 nitrogen and oxygen atoms in total. The van der Waals surface area contributed by atoms with Gasteiger partial charge in [-0.2, -0.15) is 0 Å². The Kier molecular flexibility index (Phi) is 21.8. The molecule has 2 aliphatic carbocycles. The second-order valence-electron chi connectivity index (χ2n) is 12.1. The Morgan fingerprint density at radius 1 is 0.650 bits per heavy atom. The Labute approximate surface area is 246 Å². The minimum Gasteiger partial charge on any atom is -0.481 e. The van der Waals surface area contributed by atoms with Gasteiger partial charge in [0.2, 0.25) is 0 Å². The molecule has 40 heavy (non-hydrogen) atoms. The molecule has 0 aromatic rings. The summed E-state index contributed by atoms with van der Waals surface area (Å²) in [6.07, 6.45) is 5.75. The number of sulfone groups is 2. The second-order valence-corrected chi connectivity index (χ2v) is 17.7. The first-order chi connectivity index (χ1) is 16.8. The number of carbonyl (C=O) groups is 2. The topological polar surface area (TPSA) is 152 Å². The van der Waals surface area contributed by atoms with E-state index in [0.29, 0.717) is 25.7 Å². The maximum atomic E-state index is 12.1. The van der Waals surface area contributed by atoms with Crippen molar-refractivity contribution in [3.05, 3.63) is 0 Å². The van der Waals surface area contributed by atoms with E-state index < -0.39 is 35.1 Å². The number of esters is 1. The van der Waals surface area contributed by atoms with Gasteiger partial charge < -0.3 is 14.9 Å². The van der Waals surface area contributed by atoms with Crippen LogP contribution in [0.5, 0.6) is 0 Å². The van der Waals surface area contributed by atoms with Crippen molar-refractivity contribution >= 4 is 31.6 Å². The number of hydrogen-bond donors (Lipinski definition) is 2. The first-order valence-electron chi connectivity index (χ1n) is 13.0. The molecule has 0 bridgehead atoms. The van der Waals surface area contributed by atoms with Crippen molar-refractivity contribution in [2.75, 3.05) is 25.7 Å². The highest BCUT2D eigenvalue weighted by atomic mass is 32.2. The lowest BCUT2D eigenvalue weighted by Crippen LogP contribution is -2.35. The Morgan fingerprint density at radius 3 is 1.15 bits per heavy atom. The van der Waals surface area contributed by atoms with Gasteiger partial charge in [-0.1, -0.05) is 22.3 Å². The van der Waals surface area contributed by atoms with E-state index in [1.165, 1.54) is 7.11 Å². The largest absolute Gasteiger partial charge is 0.481 e. The molecule has 0 spiro atoms. The van der Waals surface area contributed by atoms with Crippen LogP contribution in [0.25, 0.3) is 0 Å². The minimum atomic E-state index is -3.08. The van der Waals surface area contributed by atoms with Crippen LogP contribution in [-0.2, 0) is 34.0 Å². The lowest BCUT2D eigenvalue weighted by atomic mass is 9.83. The molecular weight excluding hydrogens is 556 g/mol. The van der Waals surface area contributed by atoms with Crippen molar-refractivity contribution in [1.82, 2.24) is 0 Å². The quantitative estimate of drug-likeness (QED) is 0.352. The van der Waals surface area contributed by atoms with E-state index >= 15 is 0 Å². The molecule has 0 aromatic heterocycles. The van der Waals surface area contributed by atoms with Crippen LogP contribution in [0.3, 0.4) is 0 Å².